The third-order valence-electron chi connectivity index (χ3n) is 4.70. The monoisotopic (exact) mass is 392 g/mol. The molecule has 7 heteroatoms. The van der Waals surface area contributed by atoms with Crippen LogP contribution >= 0.6 is 0 Å². The van der Waals surface area contributed by atoms with E-state index in [1.165, 1.54) is 0 Å². The van der Waals surface area contributed by atoms with Crippen LogP contribution in [0.1, 0.15) is 40.1 Å². The zero-order chi connectivity index (χ0) is 21.0. The fourth-order valence-electron chi connectivity index (χ4n) is 3.02. The molecule has 2 aromatic carbocycles. The van der Waals surface area contributed by atoms with Crippen molar-refractivity contribution in [3.05, 3.63) is 70.8 Å². The number of anilines is 1. The van der Waals surface area contributed by atoms with Crippen LogP contribution in [-0.2, 0) is 0 Å². The van der Waals surface area contributed by atoms with Gasteiger partial charge in [0.05, 0.1) is 0 Å². The molecule has 150 valence electrons. The van der Waals surface area contributed by atoms with Crippen molar-refractivity contribution in [2.24, 2.45) is 10.8 Å². The molecular formula is C22H24N4O3. The largest absolute Gasteiger partial charge is 0.436 e. The Hall–Kier alpha value is -3.61. The second-order valence-electron chi connectivity index (χ2n) is 6.64. The molecule has 3 N–H and O–H groups in total. The average molecular weight is 392 g/mol. The molecule has 1 heterocycles. The van der Waals surface area contributed by atoms with E-state index in [-0.39, 0.29) is 11.1 Å². The fraction of sp³-hybridized carbons (Fsp3) is 0.227. The standard InChI is InChI=1S/C22H24N4O3/c1-4-26(5-2)17-11-10-16-12-18(20(23)27)22(29-19(16)13-17)25-24-21(28)15-8-6-14(3)7-9-15/h6-13H,4-5H2,1-3H3,(H2,23,27)(H,24,28)/b25-22-. The fourth-order valence-corrected chi connectivity index (χ4v) is 3.02. The van der Waals surface area contributed by atoms with Crippen LogP contribution in [0.4, 0.5) is 5.69 Å². The van der Waals surface area contributed by atoms with E-state index >= 15 is 0 Å². The molecule has 0 aliphatic heterocycles. The van der Waals surface area contributed by atoms with E-state index in [2.05, 4.69) is 29.3 Å². The molecule has 0 unspecified atom stereocenters. The maximum Gasteiger partial charge on any atom is 0.271 e. The Bertz CT molecular complexity index is 1110. The molecule has 2 amide bonds. The molecule has 0 aliphatic rings. The first kappa shape index (κ1) is 20.1. The van der Waals surface area contributed by atoms with Crippen molar-refractivity contribution in [1.29, 1.82) is 0 Å². The molecule has 0 saturated heterocycles. The molecule has 0 fully saturated rings. The molecule has 29 heavy (non-hydrogen) atoms. The van der Waals surface area contributed by atoms with Gasteiger partial charge < -0.3 is 15.1 Å². The summed E-state index contributed by atoms with van der Waals surface area (Å²) in [5.74, 6) is -1.10. The number of nitrogens with zero attached hydrogens (tertiary/aromatic N) is 2. The Balaban J connectivity index is 2.02. The third kappa shape index (κ3) is 4.45. The summed E-state index contributed by atoms with van der Waals surface area (Å²) in [4.78, 5) is 26.4. The summed E-state index contributed by atoms with van der Waals surface area (Å²) in [7, 11) is 0. The van der Waals surface area contributed by atoms with E-state index in [9.17, 15) is 9.59 Å². The second-order valence-corrected chi connectivity index (χ2v) is 6.64. The number of carbonyl (C=O) groups is 2. The first-order valence-electron chi connectivity index (χ1n) is 9.46. The van der Waals surface area contributed by atoms with Crippen LogP contribution < -0.4 is 21.6 Å². The second kappa shape index (κ2) is 8.60. The number of hydrogen-bond acceptors (Lipinski definition) is 5. The van der Waals surface area contributed by atoms with Gasteiger partial charge in [-0.15, -0.1) is 5.10 Å². The van der Waals surface area contributed by atoms with Crippen molar-refractivity contribution >= 4 is 28.5 Å². The summed E-state index contributed by atoms with van der Waals surface area (Å²) < 4.78 is 5.83. The lowest BCUT2D eigenvalue weighted by Gasteiger charge is -2.21. The van der Waals surface area contributed by atoms with E-state index in [1.807, 2.05) is 37.3 Å². The van der Waals surface area contributed by atoms with Gasteiger partial charge in [-0.2, -0.15) is 0 Å². The first-order chi connectivity index (χ1) is 13.9. The third-order valence-corrected chi connectivity index (χ3v) is 4.70. The number of rotatable bonds is 6. The lowest BCUT2D eigenvalue weighted by Crippen LogP contribution is -2.27. The van der Waals surface area contributed by atoms with Crippen LogP contribution in [-0.4, -0.2) is 24.9 Å². The zero-order valence-corrected chi connectivity index (χ0v) is 16.7. The molecule has 3 aromatic rings. The van der Waals surface area contributed by atoms with Crippen molar-refractivity contribution in [2.75, 3.05) is 18.0 Å². The summed E-state index contributed by atoms with van der Waals surface area (Å²) in [5, 5.41) is 4.73. The summed E-state index contributed by atoms with van der Waals surface area (Å²) in [6.45, 7) is 7.78. The van der Waals surface area contributed by atoms with E-state index in [0.717, 1.165) is 29.7 Å². The van der Waals surface area contributed by atoms with E-state index in [1.54, 1.807) is 18.2 Å². The Labute approximate surface area is 168 Å². The Kier molecular flexibility index (Phi) is 5.97. The minimum absolute atomic E-state index is 0.0397. The minimum Gasteiger partial charge on any atom is -0.436 e. The molecule has 0 spiro atoms. The molecule has 0 bridgehead atoms. The SMILES string of the molecule is CCN(CC)c1ccc2cc(C(N)=O)/c(=N/NC(=O)c3ccc(C)cc3)oc2c1. The van der Waals surface area contributed by atoms with Crippen molar-refractivity contribution in [2.45, 2.75) is 20.8 Å². The smallest absolute Gasteiger partial charge is 0.271 e. The molecule has 1 aromatic heterocycles. The molecule has 3 rings (SSSR count). The molecule has 0 atom stereocenters. The van der Waals surface area contributed by atoms with E-state index in [0.29, 0.717) is 11.1 Å². The van der Waals surface area contributed by atoms with Crippen molar-refractivity contribution in [3.63, 3.8) is 0 Å². The predicted molar refractivity (Wildman–Crippen MR) is 113 cm³/mol. The zero-order valence-electron chi connectivity index (χ0n) is 16.7. The van der Waals surface area contributed by atoms with Crippen molar-refractivity contribution in [1.82, 2.24) is 5.43 Å². The quantitative estimate of drug-likeness (QED) is 0.630. The average Bonchev–Trinajstić information content (AvgIpc) is 2.72. The van der Waals surface area contributed by atoms with Gasteiger partial charge in [0.25, 0.3) is 11.8 Å². The number of amides is 2. The highest BCUT2D eigenvalue weighted by Crippen LogP contribution is 2.21. The van der Waals surface area contributed by atoms with Crippen LogP contribution in [0.5, 0.6) is 0 Å². The summed E-state index contributed by atoms with van der Waals surface area (Å²) in [6.07, 6.45) is 0. The molecule has 0 radical (unpaired) electrons. The Morgan fingerprint density at radius 2 is 1.76 bits per heavy atom. The van der Waals surface area contributed by atoms with Crippen LogP contribution in [0, 0.1) is 6.92 Å². The van der Waals surface area contributed by atoms with Gasteiger partial charge in [0.15, 0.2) is 0 Å². The van der Waals surface area contributed by atoms with Gasteiger partial charge in [-0.1, -0.05) is 17.7 Å². The number of nitrogens with one attached hydrogen (secondary N) is 1. The Morgan fingerprint density at radius 1 is 1.07 bits per heavy atom. The lowest BCUT2D eigenvalue weighted by molar-refractivity contribution is 0.0946. The van der Waals surface area contributed by atoms with Crippen molar-refractivity contribution in [3.8, 4) is 0 Å². The first-order valence-corrected chi connectivity index (χ1v) is 9.46. The maximum atomic E-state index is 12.3. The van der Waals surface area contributed by atoms with Gasteiger partial charge >= 0.3 is 0 Å². The van der Waals surface area contributed by atoms with Crippen LogP contribution in [0.25, 0.3) is 11.0 Å². The van der Waals surface area contributed by atoms with Gasteiger partial charge in [-0.25, -0.2) is 5.43 Å². The highest BCUT2D eigenvalue weighted by atomic mass is 16.3. The number of carbonyl (C=O) groups excluding carboxylic acids is 2. The van der Waals surface area contributed by atoms with Gasteiger partial charge in [-0.3, -0.25) is 9.59 Å². The van der Waals surface area contributed by atoms with Crippen LogP contribution in [0.15, 0.2) is 58.0 Å². The maximum absolute atomic E-state index is 12.3. The number of nitrogens with two attached hydrogens (primary N) is 1. The number of hydrogen-bond donors (Lipinski definition) is 2. The van der Waals surface area contributed by atoms with Gasteiger partial charge in [0, 0.05) is 35.8 Å². The number of aryl methyl sites for hydroxylation is 1. The molecule has 0 aliphatic carbocycles. The normalized spacial score (nSPS) is 11.5. The Morgan fingerprint density at radius 3 is 2.38 bits per heavy atom. The van der Waals surface area contributed by atoms with Crippen LogP contribution in [0.2, 0.25) is 0 Å². The van der Waals surface area contributed by atoms with Gasteiger partial charge in [0.2, 0.25) is 5.55 Å². The van der Waals surface area contributed by atoms with E-state index < -0.39 is 11.8 Å². The van der Waals surface area contributed by atoms with Gasteiger partial charge in [-0.05, 0) is 51.1 Å². The summed E-state index contributed by atoms with van der Waals surface area (Å²) in [6, 6.07) is 14.4. The van der Waals surface area contributed by atoms with Crippen LogP contribution in [0.3, 0.4) is 0 Å². The van der Waals surface area contributed by atoms with Crippen molar-refractivity contribution < 1.29 is 14.0 Å². The number of benzene rings is 2. The summed E-state index contributed by atoms with van der Waals surface area (Å²) >= 11 is 0. The topological polar surface area (TPSA) is 101 Å². The highest BCUT2D eigenvalue weighted by molar-refractivity contribution is 5.96. The van der Waals surface area contributed by atoms with Gasteiger partial charge in [0.1, 0.15) is 11.1 Å². The molecular weight excluding hydrogens is 368 g/mol. The predicted octanol–water partition coefficient (Wildman–Crippen LogP) is 2.93. The molecule has 0 saturated carbocycles. The number of fused-ring (bicyclic) bond motifs is 1. The molecule has 7 nitrogen and oxygen atoms in total. The lowest BCUT2D eigenvalue weighted by atomic mass is 10.1. The van der Waals surface area contributed by atoms with E-state index in [4.69, 9.17) is 10.2 Å². The number of primary amides is 1. The highest BCUT2D eigenvalue weighted by Gasteiger charge is 2.12. The minimum atomic E-state index is -0.688. The summed E-state index contributed by atoms with van der Waals surface area (Å²) in [5.41, 5.74) is 11.0.